The normalized spacial score (nSPS) is 12.2. The third-order valence-electron chi connectivity index (χ3n) is 2.58. The molecule has 1 amide bonds. The van der Waals surface area contributed by atoms with Crippen LogP contribution in [0.25, 0.3) is 0 Å². The Morgan fingerprint density at radius 3 is 2.50 bits per heavy atom. The number of carbonyl (C=O) groups excluding carboxylic acids is 1. The van der Waals surface area contributed by atoms with Crippen LogP contribution >= 0.6 is 0 Å². The Morgan fingerprint density at radius 1 is 1.25 bits per heavy atom. The molecule has 106 valence electrons. The lowest BCUT2D eigenvalue weighted by molar-refractivity contribution is 0.0938. The minimum atomic E-state index is -0.312. The zero-order chi connectivity index (χ0) is 14.5. The van der Waals surface area contributed by atoms with E-state index in [1.807, 2.05) is 13.8 Å². The van der Waals surface area contributed by atoms with E-state index in [2.05, 4.69) is 25.9 Å². The number of hydrogen-bond acceptors (Lipinski definition) is 5. The van der Waals surface area contributed by atoms with E-state index in [4.69, 9.17) is 4.74 Å². The minimum Gasteiger partial charge on any atom is -0.491 e. The summed E-state index contributed by atoms with van der Waals surface area (Å²) >= 11 is 0. The second-order valence-corrected chi connectivity index (χ2v) is 4.66. The van der Waals surface area contributed by atoms with Gasteiger partial charge < -0.3 is 10.1 Å². The molecular weight excluding hydrogens is 258 g/mol. The number of carbonyl (C=O) groups is 1. The number of hydrogen-bond donors (Lipinski definition) is 2. The molecule has 1 unspecified atom stereocenters. The second kappa shape index (κ2) is 6.14. The molecule has 0 spiro atoms. The van der Waals surface area contributed by atoms with Crippen LogP contribution in [0.1, 0.15) is 43.0 Å². The SMILES string of the molecule is CC(C)Oc1ccc(C(=O)NC(C)c2nn[nH]n2)cc1. The average Bonchev–Trinajstić information content (AvgIpc) is 2.92. The number of aromatic amines is 1. The van der Waals surface area contributed by atoms with Crippen molar-refractivity contribution in [3.63, 3.8) is 0 Å². The van der Waals surface area contributed by atoms with Crippen LogP contribution in [0.15, 0.2) is 24.3 Å². The molecular formula is C13H17N5O2. The largest absolute Gasteiger partial charge is 0.491 e. The van der Waals surface area contributed by atoms with E-state index in [1.54, 1.807) is 31.2 Å². The smallest absolute Gasteiger partial charge is 0.251 e. The summed E-state index contributed by atoms with van der Waals surface area (Å²) < 4.78 is 5.52. The van der Waals surface area contributed by atoms with Crippen LogP contribution in [0.3, 0.4) is 0 Å². The first kappa shape index (κ1) is 14.0. The van der Waals surface area contributed by atoms with Gasteiger partial charge in [-0.2, -0.15) is 5.21 Å². The Morgan fingerprint density at radius 2 is 1.95 bits per heavy atom. The highest BCUT2D eigenvalue weighted by atomic mass is 16.5. The Balaban J connectivity index is 1.99. The van der Waals surface area contributed by atoms with Crippen LogP contribution in [-0.4, -0.2) is 32.6 Å². The molecule has 0 aliphatic carbocycles. The minimum absolute atomic E-state index is 0.105. The average molecular weight is 275 g/mol. The third-order valence-corrected chi connectivity index (χ3v) is 2.58. The summed E-state index contributed by atoms with van der Waals surface area (Å²) in [4.78, 5) is 12.0. The van der Waals surface area contributed by atoms with Gasteiger partial charge in [-0.15, -0.1) is 10.2 Å². The first-order valence-electron chi connectivity index (χ1n) is 6.37. The van der Waals surface area contributed by atoms with Gasteiger partial charge in [0, 0.05) is 5.56 Å². The summed E-state index contributed by atoms with van der Waals surface area (Å²) in [6.45, 7) is 5.69. The fourth-order valence-corrected chi connectivity index (χ4v) is 1.65. The molecule has 0 aliphatic rings. The molecule has 1 aromatic carbocycles. The van der Waals surface area contributed by atoms with Crippen molar-refractivity contribution >= 4 is 5.91 Å². The Kier molecular flexibility index (Phi) is 4.29. The van der Waals surface area contributed by atoms with Crippen molar-refractivity contribution in [2.45, 2.75) is 32.9 Å². The zero-order valence-electron chi connectivity index (χ0n) is 11.6. The van der Waals surface area contributed by atoms with Crippen molar-refractivity contribution in [2.75, 3.05) is 0 Å². The lowest BCUT2D eigenvalue weighted by Gasteiger charge is -2.12. The lowest BCUT2D eigenvalue weighted by Crippen LogP contribution is -2.27. The summed E-state index contributed by atoms with van der Waals surface area (Å²) in [5.41, 5.74) is 0.552. The number of rotatable bonds is 5. The molecule has 1 aromatic heterocycles. The van der Waals surface area contributed by atoms with Crippen LogP contribution in [0.2, 0.25) is 0 Å². The van der Waals surface area contributed by atoms with Crippen LogP contribution in [0.4, 0.5) is 0 Å². The fraction of sp³-hybridized carbons (Fsp3) is 0.385. The fourth-order valence-electron chi connectivity index (χ4n) is 1.65. The summed E-state index contributed by atoms with van der Waals surface area (Å²) in [6.07, 6.45) is 0.105. The number of tetrazole rings is 1. The molecule has 2 rings (SSSR count). The number of H-pyrrole nitrogens is 1. The summed E-state index contributed by atoms with van der Waals surface area (Å²) in [5, 5.41) is 16.3. The highest BCUT2D eigenvalue weighted by Gasteiger charge is 2.14. The number of ether oxygens (including phenoxy) is 1. The molecule has 0 radical (unpaired) electrons. The first-order valence-corrected chi connectivity index (χ1v) is 6.37. The first-order chi connectivity index (χ1) is 9.56. The standard InChI is InChI=1S/C13H17N5O2/c1-8(2)20-11-6-4-10(5-7-11)13(19)14-9(3)12-15-17-18-16-12/h4-9H,1-3H3,(H,14,19)(H,15,16,17,18). The molecule has 1 heterocycles. The van der Waals surface area contributed by atoms with Crippen molar-refractivity contribution in [1.29, 1.82) is 0 Å². The summed E-state index contributed by atoms with van der Waals surface area (Å²) in [6, 6.07) is 6.67. The van der Waals surface area contributed by atoms with Crippen molar-refractivity contribution in [2.24, 2.45) is 0 Å². The molecule has 20 heavy (non-hydrogen) atoms. The quantitative estimate of drug-likeness (QED) is 0.862. The van der Waals surface area contributed by atoms with E-state index in [9.17, 15) is 4.79 Å². The van der Waals surface area contributed by atoms with Gasteiger partial charge in [0.05, 0.1) is 12.1 Å². The van der Waals surface area contributed by atoms with Crippen molar-refractivity contribution in [3.8, 4) is 5.75 Å². The van der Waals surface area contributed by atoms with Crippen LogP contribution < -0.4 is 10.1 Å². The molecule has 0 fully saturated rings. The zero-order valence-corrected chi connectivity index (χ0v) is 11.6. The number of amides is 1. The highest BCUT2D eigenvalue weighted by molar-refractivity contribution is 5.94. The van der Waals surface area contributed by atoms with E-state index >= 15 is 0 Å². The Hall–Kier alpha value is -2.44. The Labute approximate surface area is 116 Å². The molecule has 0 aliphatic heterocycles. The second-order valence-electron chi connectivity index (χ2n) is 4.66. The maximum Gasteiger partial charge on any atom is 0.251 e. The molecule has 2 N–H and O–H groups in total. The molecule has 0 saturated carbocycles. The van der Waals surface area contributed by atoms with E-state index in [1.165, 1.54) is 0 Å². The number of benzene rings is 1. The van der Waals surface area contributed by atoms with E-state index < -0.39 is 0 Å². The van der Waals surface area contributed by atoms with Crippen LogP contribution in [0, 0.1) is 0 Å². The topological polar surface area (TPSA) is 92.8 Å². The Bertz CT molecular complexity index is 551. The maximum absolute atomic E-state index is 12.0. The van der Waals surface area contributed by atoms with Crippen molar-refractivity contribution < 1.29 is 9.53 Å². The van der Waals surface area contributed by atoms with Gasteiger partial charge in [0.1, 0.15) is 5.75 Å². The highest BCUT2D eigenvalue weighted by Crippen LogP contribution is 2.14. The lowest BCUT2D eigenvalue weighted by atomic mass is 10.2. The number of aromatic nitrogens is 4. The number of nitrogens with one attached hydrogen (secondary N) is 2. The molecule has 7 heteroatoms. The van der Waals surface area contributed by atoms with Gasteiger partial charge in [-0.25, -0.2) is 0 Å². The van der Waals surface area contributed by atoms with Crippen LogP contribution in [-0.2, 0) is 0 Å². The molecule has 0 saturated heterocycles. The van der Waals surface area contributed by atoms with E-state index in [0.717, 1.165) is 5.75 Å². The van der Waals surface area contributed by atoms with Gasteiger partial charge in [-0.3, -0.25) is 4.79 Å². The van der Waals surface area contributed by atoms with Gasteiger partial charge in [-0.05, 0) is 45.0 Å². The number of nitrogens with zero attached hydrogens (tertiary/aromatic N) is 3. The third kappa shape index (κ3) is 3.53. The molecule has 7 nitrogen and oxygen atoms in total. The van der Waals surface area contributed by atoms with Gasteiger partial charge in [-0.1, -0.05) is 5.21 Å². The summed E-state index contributed by atoms with van der Waals surface area (Å²) in [7, 11) is 0. The van der Waals surface area contributed by atoms with Gasteiger partial charge in [0.15, 0.2) is 5.82 Å². The monoisotopic (exact) mass is 275 g/mol. The van der Waals surface area contributed by atoms with Gasteiger partial charge in [0.2, 0.25) is 0 Å². The van der Waals surface area contributed by atoms with E-state index in [0.29, 0.717) is 11.4 Å². The molecule has 1 atom stereocenters. The molecule has 2 aromatic rings. The predicted molar refractivity (Wildman–Crippen MR) is 72.3 cm³/mol. The summed E-state index contributed by atoms with van der Waals surface area (Å²) in [5.74, 6) is 0.985. The van der Waals surface area contributed by atoms with Crippen molar-refractivity contribution in [1.82, 2.24) is 25.9 Å². The van der Waals surface area contributed by atoms with Gasteiger partial charge in [0.25, 0.3) is 5.91 Å². The van der Waals surface area contributed by atoms with E-state index in [-0.39, 0.29) is 18.1 Å². The molecule has 0 bridgehead atoms. The van der Waals surface area contributed by atoms with Crippen molar-refractivity contribution in [3.05, 3.63) is 35.7 Å². The maximum atomic E-state index is 12.0. The van der Waals surface area contributed by atoms with Crippen LogP contribution in [0.5, 0.6) is 5.75 Å². The predicted octanol–water partition coefficient (Wildman–Crippen LogP) is 1.48. The van der Waals surface area contributed by atoms with Gasteiger partial charge >= 0.3 is 0 Å².